The average molecular weight is 387 g/mol. The van der Waals surface area contributed by atoms with Crippen molar-refractivity contribution in [3.05, 3.63) is 95.6 Å². The van der Waals surface area contributed by atoms with E-state index in [1.807, 2.05) is 43.4 Å². The van der Waals surface area contributed by atoms with Gasteiger partial charge in [0.25, 0.3) is 0 Å². The lowest BCUT2D eigenvalue weighted by atomic mass is 10.1. The third kappa shape index (κ3) is 4.51. The second kappa shape index (κ2) is 8.27. The van der Waals surface area contributed by atoms with E-state index >= 15 is 0 Å². The zero-order valence-electron chi connectivity index (χ0n) is 16.2. The second-order valence-corrected chi connectivity index (χ2v) is 7.13. The Hall–Kier alpha value is -3.47. The summed E-state index contributed by atoms with van der Waals surface area (Å²) in [6, 6.07) is 22.1. The number of hydrogen-bond acceptors (Lipinski definition) is 2. The van der Waals surface area contributed by atoms with Gasteiger partial charge in [0.2, 0.25) is 5.91 Å². The molecule has 1 N–H and O–H groups in total. The molecule has 146 valence electrons. The lowest BCUT2D eigenvalue weighted by molar-refractivity contribution is -0.115. The van der Waals surface area contributed by atoms with Gasteiger partial charge in [-0.05, 0) is 47.9 Å². The first-order valence-electron chi connectivity index (χ1n) is 9.62. The lowest BCUT2D eigenvalue weighted by Gasteiger charge is -2.06. The summed E-state index contributed by atoms with van der Waals surface area (Å²) in [5.74, 6) is 0.563. The molecule has 0 saturated carbocycles. The van der Waals surface area contributed by atoms with Crippen LogP contribution in [0.2, 0.25) is 0 Å². The SMILES string of the molecule is Cn1c(CCc2ccccc2)nc2cc(NC(=O)Cc3ccc(F)cc3)ccc21. The second-order valence-electron chi connectivity index (χ2n) is 7.13. The number of aromatic nitrogens is 2. The molecular weight excluding hydrogens is 365 g/mol. The first-order valence-corrected chi connectivity index (χ1v) is 9.62. The molecule has 0 aliphatic carbocycles. The van der Waals surface area contributed by atoms with Crippen LogP contribution in [0.3, 0.4) is 0 Å². The standard InChI is InChI=1S/C24H22FN3O/c1-28-22-13-12-20(26-24(29)15-18-7-10-19(25)11-8-18)16-21(22)27-23(28)14-9-17-5-3-2-4-6-17/h2-8,10-13,16H,9,14-15H2,1H3,(H,26,29). The van der Waals surface area contributed by atoms with Crippen LogP contribution >= 0.6 is 0 Å². The van der Waals surface area contributed by atoms with Crippen molar-refractivity contribution < 1.29 is 9.18 Å². The van der Waals surface area contributed by atoms with Gasteiger partial charge in [-0.15, -0.1) is 0 Å². The van der Waals surface area contributed by atoms with Crippen molar-refractivity contribution in [3.8, 4) is 0 Å². The summed E-state index contributed by atoms with van der Waals surface area (Å²) >= 11 is 0. The van der Waals surface area contributed by atoms with Crippen molar-refractivity contribution in [1.82, 2.24) is 9.55 Å². The van der Waals surface area contributed by atoms with E-state index in [9.17, 15) is 9.18 Å². The Morgan fingerprint density at radius 2 is 1.72 bits per heavy atom. The Bertz CT molecular complexity index is 1130. The maximum Gasteiger partial charge on any atom is 0.228 e. The predicted molar refractivity (Wildman–Crippen MR) is 113 cm³/mol. The van der Waals surface area contributed by atoms with E-state index in [0.29, 0.717) is 5.69 Å². The molecule has 0 atom stereocenters. The number of carbonyl (C=O) groups excluding carboxylic acids is 1. The number of carbonyl (C=O) groups is 1. The van der Waals surface area contributed by atoms with E-state index in [-0.39, 0.29) is 18.1 Å². The van der Waals surface area contributed by atoms with Crippen LogP contribution in [-0.2, 0) is 31.1 Å². The van der Waals surface area contributed by atoms with Crippen molar-refractivity contribution in [2.75, 3.05) is 5.32 Å². The molecule has 4 nitrogen and oxygen atoms in total. The number of halogens is 1. The Kier molecular flexibility index (Phi) is 5.38. The minimum atomic E-state index is -0.308. The van der Waals surface area contributed by atoms with E-state index in [0.717, 1.165) is 35.3 Å². The van der Waals surface area contributed by atoms with Crippen molar-refractivity contribution in [3.63, 3.8) is 0 Å². The molecule has 0 spiro atoms. The van der Waals surface area contributed by atoms with E-state index in [1.165, 1.54) is 17.7 Å². The maximum absolute atomic E-state index is 13.0. The monoisotopic (exact) mass is 387 g/mol. The van der Waals surface area contributed by atoms with E-state index in [1.54, 1.807) is 12.1 Å². The number of aryl methyl sites for hydroxylation is 3. The molecule has 5 heteroatoms. The first-order chi connectivity index (χ1) is 14.1. The van der Waals surface area contributed by atoms with Crippen LogP contribution in [0.1, 0.15) is 17.0 Å². The molecule has 0 radical (unpaired) electrons. The van der Waals surface area contributed by atoms with Crippen molar-refractivity contribution in [2.45, 2.75) is 19.3 Å². The highest BCUT2D eigenvalue weighted by Crippen LogP contribution is 2.21. The third-order valence-corrected chi connectivity index (χ3v) is 5.02. The van der Waals surface area contributed by atoms with Gasteiger partial charge >= 0.3 is 0 Å². The normalized spacial score (nSPS) is 11.0. The Morgan fingerprint density at radius 3 is 2.48 bits per heavy atom. The summed E-state index contributed by atoms with van der Waals surface area (Å²) in [7, 11) is 2.02. The smallest absolute Gasteiger partial charge is 0.228 e. The highest BCUT2D eigenvalue weighted by molar-refractivity contribution is 5.94. The molecule has 3 aromatic carbocycles. The van der Waals surface area contributed by atoms with Gasteiger partial charge in [0.05, 0.1) is 17.5 Å². The van der Waals surface area contributed by atoms with Gasteiger partial charge in [-0.2, -0.15) is 0 Å². The fourth-order valence-corrected chi connectivity index (χ4v) is 3.44. The van der Waals surface area contributed by atoms with Gasteiger partial charge in [0.1, 0.15) is 11.6 Å². The van der Waals surface area contributed by atoms with Crippen molar-refractivity contribution >= 4 is 22.6 Å². The van der Waals surface area contributed by atoms with E-state index in [4.69, 9.17) is 4.98 Å². The van der Waals surface area contributed by atoms with Crippen molar-refractivity contribution in [2.24, 2.45) is 7.05 Å². The Morgan fingerprint density at radius 1 is 0.966 bits per heavy atom. The Balaban J connectivity index is 1.45. The van der Waals surface area contributed by atoms with Crippen LogP contribution in [0.25, 0.3) is 11.0 Å². The summed E-state index contributed by atoms with van der Waals surface area (Å²) in [4.78, 5) is 17.1. The molecule has 1 heterocycles. The largest absolute Gasteiger partial charge is 0.331 e. The van der Waals surface area contributed by atoms with Crippen LogP contribution in [0.15, 0.2) is 72.8 Å². The molecule has 1 aromatic heterocycles. The highest BCUT2D eigenvalue weighted by Gasteiger charge is 2.10. The number of amides is 1. The zero-order chi connectivity index (χ0) is 20.2. The summed E-state index contributed by atoms with van der Waals surface area (Å²) in [5, 5.41) is 2.90. The van der Waals surface area contributed by atoms with Crippen LogP contribution in [-0.4, -0.2) is 15.5 Å². The fourth-order valence-electron chi connectivity index (χ4n) is 3.44. The Labute approximate surface area is 169 Å². The number of benzene rings is 3. The number of nitrogens with one attached hydrogen (secondary N) is 1. The van der Waals surface area contributed by atoms with Crippen LogP contribution in [0.5, 0.6) is 0 Å². The number of imidazole rings is 1. The fraction of sp³-hybridized carbons (Fsp3) is 0.167. The molecule has 0 fully saturated rings. The lowest BCUT2D eigenvalue weighted by Crippen LogP contribution is -2.14. The minimum absolute atomic E-state index is 0.142. The number of fused-ring (bicyclic) bond motifs is 1. The van der Waals surface area contributed by atoms with Gasteiger partial charge in [-0.25, -0.2) is 9.37 Å². The van der Waals surface area contributed by atoms with E-state index < -0.39 is 0 Å². The van der Waals surface area contributed by atoms with Gasteiger partial charge in [-0.1, -0.05) is 42.5 Å². The molecule has 1 amide bonds. The van der Waals surface area contributed by atoms with Gasteiger partial charge in [0.15, 0.2) is 0 Å². The number of anilines is 1. The van der Waals surface area contributed by atoms with Gasteiger partial charge in [-0.3, -0.25) is 4.79 Å². The van der Waals surface area contributed by atoms with Crippen LogP contribution in [0, 0.1) is 5.82 Å². The first kappa shape index (κ1) is 18.9. The molecule has 0 aliphatic rings. The molecule has 0 bridgehead atoms. The van der Waals surface area contributed by atoms with Gasteiger partial charge < -0.3 is 9.88 Å². The summed E-state index contributed by atoms with van der Waals surface area (Å²) in [6.07, 6.45) is 1.98. The third-order valence-electron chi connectivity index (χ3n) is 5.02. The summed E-state index contributed by atoms with van der Waals surface area (Å²) in [6.45, 7) is 0. The van der Waals surface area contributed by atoms with Crippen molar-refractivity contribution in [1.29, 1.82) is 0 Å². The number of nitrogens with zero attached hydrogens (tertiary/aromatic N) is 2. The van der Waals surface area contributed by atoms with Crippen LogP contribution in [0.4, 0.5) is 10.1 Å². The average Bonchev–Trinajstić information content (AvgIpc) is 3.04. The van der Waals surface area contributed by atoms with E-state index in [2.05, 4.69) is 22.0 Å². The molecular formula is C24H22FN3O. The molecule has 4 aromatic rings. The summed E-state index contributed by atoms with van der Waals surface area (Å²) < 4.78 is 15.1. The molecule has 0 unspecified atom stereocenters. The minimum Gasteiger partial charge on any atom is -0.331 e. The predicted octanol–water partition coefficient (Wildman–Crippen LogP) is 4.68. The summed E-state index contributed by atoms with van der Waals surface area (Å²) in [5.41, 5.74) is 4.65. The molecule has 0 saturated heterocycles. The number of rotatable bonds is 6. The quantitative estimate of drug-likeness (QED) is 0.522. The number of hydrogen-bond donors (Lipinski definition) is 1. The van der Waals surface area contributed by atoms with Crippen LogP contribution < -0.4 is 5.32 Å². The van der Waals surface area contributed by atoms with Gasteiger partial charge in [0, 0.05) is 19.2 Å². The maximum atomic E-state index is 13.0. The highest BCUT2D eigenvalue weighted by atomic mass is 19.1. The molecule has 4 rings (SSSR count). The molecule has 29 heavy (non-hydrogen) atoms. The molecule has 0 aliphatic heterocycles. The topological polar surface area (TPSA) is 46.9 Å². The zero-order valence-corrected chi connectivity index (χ0v) is 16.2.